The Balaban J connectivity index is 1.50. The Labute approximate surface area is 221 Å². The fourth-order valence-electron chi connectivity index (χ4n) is 3.75. The number of hydrogen-bond acceptors (Lipinski definition) is 6. The number of hydrogen-bond donors (Lipinski definition) is 0. The molecule has 0 N–H and O–H groups in total. The normalized spacial score (nSPS) is 15.3. The third-order valence-corrected chi connectivity index (χ3v) is 7.03. The molecule has 184 valence electrons. The van der Waals surface area contributed by atoms with Crippen LogP contribution in [0.15, 0.2) is 83.8 Å². The molecular weight excluding hydrogens is 490 g/mol. The molecule has 1 unspecified atom stereocenters. The molecule has 0 saturated carbocycles. The van der Waals surface area contributed by atoms with Crippen molar-refractivity contribution in [1.82, 2.24) is 4.90 Å². The van der Waals surface area contributed by atoms with Crippen molar-refractivity contribution >= 4 is 46.3 Å². The zero-order valence-corrected chi connectivity index (χ0v) is 21.8. The highest BCUT2D eigenvalue weighted by molar-refractivity contribution is 8.26. The number of thioether (sulfide) groups is 1. The van der Waals surface area contributed by atoms with E-state index in [1.165, 1.54) is 22.2 Å². The lowest BCUT2D eigenvalue weighted by Crippen LogP contribution is -2.38. The predicted molar refractivity (Wildman–Crippen MR) is 147 cm³/mol. The molecule has 7 heteroatoms. The molecule has 0 aromatic heterocycles. The molecule has 3 aromatic rings. The lowest BCUT2D eigenvalue weighted by Gasteiger charge is -2.25. The zero-order chi connectivity index (χ0) is 25.5. The highest BCUT2D eigenvalue weighted by Crippen LogP contribution is 2.39. The van der Waals surface area contributed by atoms with Crippen LogP contribution in [0.5, 0.6) is 5.75 Å². The second-order valence-corrected chi connectivity index (χ2v) is 9.99. The first-order chi connectivity index (χ1) is 17.5. The number of carbonyl (C=O) groups excluding carboxylic acids is 2. The summed E-state index contributed by atoms with van der Waals surface area (Å²) in [5, 5.41) is 0. The lowest BCUT2D eigenvalue weighted by molar-refractivity contribution is -0.151. The fourth-order valence-corrected chi connectivity index (χ4v) is 5.07. The summed E-state index contributed by atoms with van der Waals surface area (Å²) >= 11 is 6.71. The maximum atomic E-state index is 13.4. The van der Waals surface area contributed by atoms with E-state index >= 15 is 0 Å². The van der Waals surface area contributed by atoms with Gasteiger partial charge in [-0.25, -0.2) is 4.79 Å². The zero-order valence-electron chi connectivity index (χ0n) is 20.2. The van der Waals surface area contributed by atoms with E-state index in [-0.39, 0.29) is 12.5 Å². The Morgan fingerprint density at radius 2 is 1.72 bits per heavy atom. The molecule has 3 aromatic carbocycles. The predicted octanol–water partition coefficient (Wildman–Crippen LogP) is 6.47. The van der Waals surface area contributed by atoms with Gasteiger partial charge in [-0.15, -0.1) is 0 Å². The molecule has 1 aliphatic heterocycles. The summed E-state index contributed by atoms with van der Waals surface area (Å²) in [7, 11) is 0. The summed E-state index contributed by atoms with van der Waals surface area (Å²) in [5.41, 5.74) is 3.81. The van der Waals surface area contributed by atoms with E-state index in [0.29, 0.717) is 27.8 Å². The minimum atomic E-state index is -0.923. The largest absolute Gasteiger partial charge is 0.489 e. The Hall–Kier alpha value is -3.42. The van der Waals surface area contributed by atoms with Crippen molar-refractivity contribution in [3.63, 3.8) is 0 Å². The van der Waals surface area contributed by atoms with E-state index in [9.17, 15) is 9.59 Å². The van der Waals surface area contributed by atoms with E-state index in [4.69, 9.17) is 21.7 Å². The van der Waals surface area contributed by atoms with Crippen LogP contribution in [0, 0.1) is 6.92 Å². The molecule has 0 aliphatic carbocycles. The van der Waals surface area contributed by atoms with Gasteiger partial charge in [0.2, 0.25) is 0 Å². The molecule has 0 bridgehead atoms. The van der Waals surface area contributed by atoms with Crippen molar-refractivity contribution in [3.8, 4) is 5.75 Å². The molecule has 36 heavy (non-hydrogen) atoms. The van der Waals surface area contributed by atoms with Gasteiger partial charge in [0.05, 0.1) is 11.5 Å². The Kier molecular flexibility index (Phi) is 8.57. The van der Waals surface area contributed by atoms with Crippen molar-refractivity contribution in [2.75, 3.05) is 6.61 Å². The number of amides is 1. The quantitative estimate of drug-likeness (QED) is 0.184. The van der Waals surface area contributed by atoms with Crippen LogP contribution in [0.4, 0.5) is 0 Å². The van der Waals surface area contributed by atoms with Gasteiger partial charge in [-0.3, -0.25) is 9.69 Å². The van der Waals surface area contributed by atoms with Gasteiger partial charge in [0.15, 0.2) is 6.04 Å². The molecule has 1 aliphatic rings. The maximum absolute atomic E-state index is 13.4. The number of ether oxygens (including phenoxy) is 2. The number of rotatable bonds is 9. The molecular formula is C29H27NO4S2. The van der Waals surface area contributed by atoms with E-state index in [0.717, 1.165) is 16.9 Å². The van der Waals surface area contributed by atoms with E-state index in [2.05, 4.69) is 13.0 Å². The number of thiocarbonyl (C=S) groups is 1. The van der Waals surface area contributed by atoms with Gasteiger partial charge in [-0.05, 0) is 53.8 Å². The number of benzene rings is 3. The molecule has 0 radical (unpaired) electrons. The second-order valence-electron chi connectivity index (χ2n) is 8.32. The van der Waals surface area contributed by atoms with Crippen LogP contribution in [-0.4, -0.2) is 27.7 Å². The Morgan fingerprint density at radius 1 is 1.03 bits per heavy atom. The molecule has 4 rings (SSSR count). The summed E-state index contributed by atoms with van der Waals surface area (Å²) < 4.78 is 11.7. The number of esters is 1. The first-order valence-corrected chi connectivity index (χ1v) is 13.0. The van der Waals surface area contributed by atoms with Crippen LogP contribution in [0.1, 0.15) is 41.6 Å². The van der Waals surface area contributed by atoms with Gasteiger partial charge in [-0.1, -0.05) is 97.6 Å². The third kappa shape index (κ3) is 6.04. The first-order valence-electron chi connectivity index (χ1n) is 11.7. The van der Waals surface area contributed by atoms with Crippen molar-refractivity contribution in [2.24, 2.45) is 0 Å². The van der Waals surface area contributed by atoms with Crippen molar-refractivity contribution < 1.29 is 19.1 Å². The first kappa shape index (κ1) is 25.7. The Bertz CT molecular complexity index is 1270. The van der Waals surface area contributed by atoms with E-state index in [1.807, 2.05) is 67.6 Å². The molecule has 1 fully saturated rings. The summed E-state index contributed by atoms with van der Waals surface area (Å²) in [6.45, 7) is 4.75. The Morgan fingerprint density at radius 3 is 2.42 bits per heavy atom. The van der Waals surface area contributed by atoms with Crippen LogP contribution in [-0.2, 0) is 20.9 Å². The minimum Gasteiger partial charge on any atom is -0.489 e. The second kappa shape index (κ2) is 12.0. The topological polar surface area (TPSA) is 55.8 Å². The van der Waals surface area contributed by atoms with Crippen LogP contribution in [0.25, 0.3) is 6.08 Å². The summed E-state index contributed by atoms with van der Waals surface area (Å²) in [5.74, 6) is -0.0614. The van der Waals surface area contributed by atoms with Gasteiger partial charge in [0, 0.05) is 0 Å². The average molecular weight is 518 g/mol. The van der Waals surface area contributed by atoms with Crippen LogP contribution in [0.3, 0.4) is 0 Å². The monoisotopic (exact) mass is 517 g/mol. The van der Waals surface area contributed by atoms with Crippen LogP contribution in [0.2, 0.25) is 0 Å². The maximum Gasteiger partial charge on any atom is 0.333 e. The van der Waals surface area contributed by atoms with Gasteiger partial charge in [0.1, 0.15) is 16.7 Å². The highest BCUT2D eigenvalue weighted by Gasteiger charge is 2.42. The molecule has 1 heterocycles. The van der Waals surface area contributed by atoms with Crippen LogP contribution < -0.4 is 4.74 Å². The van der Waals surface area contributed by atoms with Crippen molar-refractivity contribution in [1.29, 1.82) is 0 Å². The van der Waals surface area contributed by atoms with E-state index in [1.54, 1.807) is 18.2 Å². The minimum absolute atomic E-state index is 0.283. The average Bonchev–Trinajstić information content (AvgIpc) is 3.16. The molecule has 1 atom stereocenters. The number of aryl methyl sites for hydroxylation is 1. The van der Waals surface area contributed by atoms with Crippen molar-refractivity contribution in [3.05, 3.63) is 106 Å². The summed E-state index contributed by atoms with van der Waals surface area (Å²) in [6, 6.07) is 23.8. The lowest BCUT2D eigenvalue weighted by atomic mass is 10.1. The van der Waals surface area contributed by atoms with Gasteiger partial charge >= 0.3 is 5.97 Å². The molecule has 1 amide bonds. The molecule has 0 spiro atoms. The highest BCUT2D eigenvalue weighted by atomic mass is 32.2. The smallest absolute Gasteiger partial charge is 0.333 e. The fraction of sp³-hybridized carbons (Fsp3) is 0.207. The number of carbonyl (C=O) groups is 2. The number of nitrogens with zero attached hydrogens (tertiary/aromatic N) is 1. The van der Waals surface area contributed by atoms with E-state index < -0.39 is 12.0 Å². The van der Waals surface area contributed by atoms with Crippen molar-refractivity contribution in [2.45, 2.75) is 32.9 Å². The van der Waals surface area contributed by atoms with Gasteiger partial charge in [-0.2, -0.15) is 0 Å². The van der Waals surface area contributed by atoms with Crippen LogP contribution >= 0.6 is 24.0 Å². The molecule has 1 saturated heterocycles. The SMILES string of the molecule is CCCOC(=O)C(c1ccccc1)N1C(=O)/C(=C/c2ccc(OCc3ccccc3C)cc2)SC1=S. The summed E-state index contributed by atoms with van der Waals surface area (Å²) in [6.07, 6.45) is 2.47. The van der Waals surface area contributed by atoms with Gasteiger partial charge in [0.25, 0.3) is 5.91 Å². The third-order valence-electron chi connectivity index (χ3n) is 5.70. The van der Waals surface area contributed by atoms with Gasteiger partial charge < -0.3 is 9.47 Å². The molecule has 5 nitrogen and oxygen atoms in total. The standard InChI is InChI=1S/C29H27NO4S2/c1-3-17-33-28(32)26(22-10-5-4-6-11-22)30-27(31)25(36-29(30)35)18-21-13-15-24(16-14-21)34-19-23-12-8-7-9-20(23)2/h4-16,18,26H,3,17,19H2,1-2H3/b25-18-. The summed E-state index contributed by atoms with van der Waals surface area (Å²) in [4.78, 5) is 28.2.